The standard InChI is InChI=1S/C23H30N2O3/c1-23(2,17-4-7-20(26-3)8-5-17)15-24-18-10-12-25(13-11-18)19-6-9-21-22(14-19)28-16-27-21/h4-9,14,18,24H,10-13,15-16H2,1-3H3. The van der Waals surface area contributed by atoms with Crippen molar-refractivity contribution < 1.29 is 14.2 Å². The zero-order valence-electron chi connectivity index (χ0n) is 17.0. The molecular formula is C23H30N2O3. The topological polar surface area (TPSA) is 43.0 Å². The molecule has 28 heavy (non-hydrogen) atoms. The van der Waals surface area contributed by atoms with Crippen molar-refractivity contribution in [3.63, 3.8) is 0 Å². The Balaban J connectivity index is 1.29. The molecule has 2 aliphatic heterocycles. The molecule has 0 amide bonds. The van der Waals surface area contributed by atoms with E-state index in [1.54, 1.807) is 7.11 Å². The Morgan fingerprint density at radius 3 is 2.46 bits per heavy atom. The van der Waals surface area contributed by atoms with E-state index >= 15 is 0 Å². The van der Waals surface area contributed by atoms with Crippen molar-refractivity contribution in [3.05, 3.63) is 48.0 Å². The number of piperidine rings is 1. The second kappa shape index (κ2) is 7.92. The van der Waals surface area contributed by atoms with Crippen molar-refractivity contribution in [1.82, 2.24) is 5.32 Å². The summed E-state index contributed by atoms with van der Waals surface area (Å²) in [5, 5.41) is 3.80. The van der Waals surface area contributed by atoms with E-state index in [1.807, 2.05) is 18.2 Å². The summed E-state index contributed by atoms with van der Waals surface area (Å²) in [6.07, 6.45) is 2.29. The summed E-state index contributed by atoms with van der Waals surface area (Å²) in [6, 6.07) is 15.2. The maximum absolute atomic E-state index is 5.51. The van der Waals surface area contributed by atoms with Crippen LogP contribution in [0.3, 0.4) is 0 Å². The van der Waals surface area contributed by atoms with Gasteiger partial charge in [-0.05, 0) is 42.7 Å². The van der Waals surface area contributed by atoms with Crippen LogP contribution >= 0.6 is 0 Å². The summed E-state index contributed by atoms with van der Waals surface area (Å²) in [7, 11) is 1.71. The average Bonchev–Trinajstić information content (AvgIpc) is 3.20. The number of methoxy groups -OCH3 is 1. The lowest BCUT2D eigenvalue weighted by Gasteiger charge is -2.36. The fourth-order valence-electron chi connectivity index (χ4n) is 3.97. The molecule has 0 unspecified atom stereocenters. The average molecular weight is 383 g/mol. The number of anilines is 1. The number of ether oxygens (including phenoxy) is 3. The number of nitrogens with one attached hydrogen (secondary N) is 1. The molecule has 150 valence electrons. The first-order valence-corrected chi connectivity index (χ1v) is 10.1. The molecule has 0 atom stereocenters. The van der Waals surface area contributed by atoms with Gasteiger partial charge >= 0.3 is 0 Å². The molecule has 0 aromatic heterocycles. The van der Waals surface area contributed by atoms with Gasteiger partial charge in [0.2, 0.25) is 6.79 Å². The second-order valence-electron chi connectivity index (χ2n) is 8.29. The molecule has 2 aromatic rings. The Morgan fingerprint density at radius 1 is 1.04 bits per heavy atom. The third-order valence-corrected chi connectivity index (χ3v) is 5.92. The highest BCUT2D eigenvalue weighted by molar-refractivity contribution is 5.57. The molecule has 2 heterocycles. The van der Waals surface area contributed by atoms with E-state index in [1.165, 1.54) is 11.3 Å². The maximum Gasteiger partial charge on any atom is 0.231 e. The molecule has 0 spiro atoms. The zero-order valence-corrected chi connectivity index (χ0v) is 17.0. The Bertz CT molecular complexity index is 796. The van der Waals surface area contributed by atoms with E-state index in [2.05, 4.69) is 48.3 Å². The predicted octanol–water partition coefficient (Wildman–Crippen LogP) is 3.96. The number of fused-ring (bicyclic) bond motifs is 1. The molecule has 5 nitrogen and oxygen atoms in total. The van der Waals surface area contributed by atoms with Gasteiger partial charge in [-0.15, -0.1) is 0 Å². The quantitative estimate of drug-likeness (QED) is 0.819. The van der Waals surface area contributed by atoms with Crippen molar-refractivity contribution in [2.24, 2.45) is 0 Å². The van der Waals surface area contributed by atoms with E-state index in [-0.39, 0.29) is 5.41 Å². The van der Waals surface area contributed by atoms with Crippen molar-refractivity contribution >= 4 is 5.69 Å². The minimum absolute atomic E-state index is 0.0841. The molecule has 2 aliphatic rings. The molecule has 0 saturated carbocycles. The molecule has 2 aromatic carbocycles. The van der Waals surface area contributed by atoms with Crippen LogP contribution in [0.2, 0.25) is 0 Å². The smallest absolute Gasteiger partial charge is 0.231 e. The minimum atomic E-state index is 0.0841. The van der Waals surface area contributed by atoms with E-state index in [0.29, 0.717) is 12.8 Å². The van der Waals surface area contributed by atoms with Crippen LogP contribution in [0.15, 0.2) is 42.5 Å². The first-order chi connectivity index (χ1) is 13.5. The van der Waals surface area contributed by atoms with Gasteiger partial charge in [0.15, 0.2) is 11.5 Å². The van der Waals surface area contributed by atoms with Crippen molar-refractivity contribution in [2.45, 2.75) is 38.1 Å². The maximum atomic E-state index is 5.51. The molecule has 1 N–H and O–H groups in total. The van der Waals surface area contributed by atoms with Gasteiger partial charge < -0.3 is 24.4 Å². The predicted molar refractivity (Wildman–Crippen MR) is 112 cm³/mol. The molecule has 0 bridgehead atoms. The van der Waals surface area contributed by atoms with Crippen molar-refractivity contribution in [2.75, 3.05) is 38.4 Å². The first kappa shape index (κ1) is 18.9. The Hall–Kier alpha value is -2.40. The van der Waals surface area contributed by atoms with Crippen LogP contribution in [0.25, 0.3) is 0 Å². The molecule has 5 heteroatoms. The second-order valence-corrected chi connectivity index (χ2v) is 8.29. The molecular weight excluding hydrogens is 352 g/mol. The lowest BCUT2D eigenvalue weighted by atomic mass is 9.84. The first-order valence-electron chi connectivity index (χ1n) is 10.1. The van der Waals surface area contributed by atoms with Gasteiger partial charge in [0.05, 0.1) is 7.11 Å². The SMILES string of the molecule is COc1ccc(C(C)(C)CNC2CCN(c3ccc4c(c3)OCO4)CC2)cc1. The summed E-state index contributed by atoms with van der Waals surface area (Å²) in [5.41, 5.74) is 2.64. The van der Waals surface area contributed by atoms with Gasteiger partial charge in [0.1, 0.15) is 5.75 Å². The van der Waals surface area contributed by atoms with Crippen molar-refractivity contribution in [3.8, 4) is 17.2 Å². The fourth-order valence-corrected chi connectivity index (χ4v) is 3.97. The number of nitrogens with zero attached hydrogens (tertiary/aromatic N) is 1. The highest BCUT2D eigenvalue weighted by Gasteiger charge is 2.25. The van der Waals surface area contributed by atoms with Crippen LogP contribution in [0.4, 0.5) is 5.69 Å². The highest BCUT2D eigenvalue weighted by Crippen LogP contribution is 2.36. The van der Waals surface area contributed by atoms with Crippen LogP contribution in [-0.4, -0.2) is 39.6 Å². The molecule has 1 saturated heterocycles. The zero-order chi connectivity index (χ0) is 19.6. The normalized spacial score (nSPS) is 17.0. The van der Waals surface area contributed by atoms with E-state index in [9.17, 15) is 0 Å². The van der Waals surface area contributed by atoms with Gasteiger partial charge in [-0.2, -0.15) is 0 Å². The molecule has 1 fully saturated rings. The Labute approximate surface area is 167 Å². The monoisotopic (exact) mass is 382 g/mol. The third kappa shape index (κ3) is 4.04. The van der Waals surface area contributed by atoms with Gasteiger partial charge in [0.25, 0.3) is 0 Å². The highest BCUT2D eigenvalue weighted by atomic mass is 16.7. The molecule has 4 rings (SSSR count). The van der Waals surface area contributed by atoms with Gasteiger partial charge in [-0.25, -0.2) is 0 Å². The molecule has 0 aliphatic carbocycles. The number of rotatable bonds is 6. The van der Waals surface area contributed by atoms with Crippen LogP contribution in [0.1, 0.15) is 32.3 Å². The van der Waals surface area contributed by atoms with E-state index < -0.39 is 0 Å². The van der Waals surface area contributed by atoms with E-state index in [4.69, 9.17) is 14.2 Å². The minimum Gasteiger partial charge on any atom is -0.497 e. The summed E-state index contributed by atoms with van der Waals surface area (Å²) >= 11 is 0. The Kier molecular flexibility index (Phi) is 5.36. The fraction of sp³-hybridized carbons (Fsp3) is 0.478. The largest absolute Gasteiger partial charge is 0.497 e. The lowest BCUT2D eigenvalue weighted by molar-refractivity contribution is 0.174. The summed E-state index contributed by atoms with van der Waals surface area (Å²) in [4.78, 5) is 2.44. The van der Waals surface area contributed by atoms with Gasteiger partial charge in [-0.3, -0.25) is 0 Å². The van der Waals surface area contributed by atoms with Crippen molar-refractivity contribution in [1.29, 1.82) is 0 Å². The Morgan fingerprint density at radius 2 is 1.75 bits per heavy atom. The summed E-state index contributed by atoms with van der Waals surface area (Å²) in [6.45, 7) is 8.00. The van der Waals surface area contributed by atoms with Crippen LogP contribution in [0, 0.1) is 0 Å². The lowest BCUT2D eigenvalue weighted by Crippen LogP contribution is -2.46. The summed E-state index contributed by atoms with van der Waals surface area (Å²) < 4.78 is 16.2. The molecule has 0 radical (unpaired) electrons. The van der Waals surface area contributed by atoms with Crippen LogP contribution < -0.4 is 24.4 Å². The third-order valence-electron chi connectivity index (χ3n) is 5.92. The van der Waals surface area contributed by atoms with Gasteiger partial charge in [0, 0.05) is 42.8 Å². The van der Waals surface area contributed by atoms with Crippen LogP contribution in [0.5, 0.6) is 17.2 Å². The number of hydrogen-bond acceptors (Lipinski definition) is 5. The van der Waals surface area contributed by atoms with E-state index in [0.717, 1.165) is 49.7 Å². The van der Waals surface area contributed by atoms with Gasteiger partial charge in [-0.1, -0.05) is 26.0 Å². The number of hydrogen-bond donors (Lipinski definition) is 1. The number of benzene rings is 2. The summed E-state index contributed by atoms with van der Waals surface area (Å²) in [5.74, 6) is 2.61. The van der Waals surface area contributed by atoms with Crippen LogP contribution in [-0.2, 0) is 5.41 Å².